The van der Waals surface area contributed by atoms with Crippen molar-refractivity contribution in [1.29, 1.82) is 0 Å². The summed E-state index contributed by atoms with van der Waals surface area (Å²) >= 11 is 0. The zero-order valence-electron chi connectivity index (χ0n) is 21.1. The first-order valence-electron chi connectivity index (χ1n) is 11.8. The quantitative estimate of drug-likeness (QED) is 0.390. The molecule has 1 unspecified atom stereocenters. The van der Waals surface area contributed by atoms with Gasteiger partial charge in [0.15, 0.2) is 0 Å². The van der Waals surface area contributed by atoms with Crippen LogP contribution in [0.15, 0.2) is 78.9 Å². The maximum atomic E-state index is 13.4. The number of hydrogen-bond acceptors (Lipinski definition) is 6. The number of ether oxygens (including phenoxy) is 2. The molecule has 0 bridgehead atoms. The lowest BCUT2D eigenvalue weighted by atomic mass is 9.79. The van der Waals surface area contributed by atoms with Crippen molar-refractivity contribution in [2.45, 2.75) is 45.0 Å². The van der Waals surface area contributed by atoms with Crippen molar-refractivity contribution in [2.75, 3.05) is 12.4 Å². The number of para-hydroxylation sites is 1. The number of amides is 1. The van der Waals surface area contributed by atoms with Crippen LogP contribution in [-0.4, -0.2) is 37.3 Å². The second-order valence-corrected chi connectivity index (χ2v) is 9.59. The fourth-order valence-electron chi connectivity index (χ4n) is 3.80. The van der Waals surface area contributed by atoms with E-state index in [-0.39, 0.29) is 0 Å². The van der Waals surface area contributed by atoms with E-state index in [2.05, 4.69) is 5.32 Å². The summed E-state index contributed by atoms with van der Waals surface area (Å²) in [5.74, 6) is -0.681. The van der Waals surface area contributed by atoms with Crippen LogP contribution in [0, 0.1) is 0 Å². The van der Waals surface area contributed by atoms with Gasteiger partial charge >= 0.3 is 13.1 Å². The molecule has 36 heavy (non-hydrogen) atoms. The van der Waals surface area contributed by atoms with Crippen molar-refractivity contribution < 1.29 is 28.4 Å². The van der Waals surface area contributed by atoms with E-state index in [1.54, 1.807) is 66.7 Å². The summed E-state index contributed by atoms with van der Waals surface area (Å²) in [7, 11) is 0.995. The number of rotatable bonds is 7. The molecular weight excluding hydrogens is 457 g/mol. The van der Waals surface area contributed by atoms with Crippen LogP contribution in [0.1, 0.15) is 49.7 Å². The smallest absolute Gasteiger partial charge is 0.494 e. The molecule has 1 atom stereocenters. The first-order chi connectivity index (χ1) is 17.1. The van der Waals surface area contributed by atoms with Gasteiger partial charge in [-0.05, 0) is 63.5 Å². The van der Waals surface area contributed by atoms with Crippen LogP contribution in [0.5, 0.6) is 5.75 Å². The van der Waals surface area contributed by atoms with Crippen molar-refractivity contribution in [3.63, 3.8) is 0 Å². The van der Waals surface area contributed by atoms with Gasteiger partial charge in [-0.3, -0.25) is 4.79 Å². The van der Waals surface area contributed by atoms with E-state index in [0.717, 1.165) is 5.46 Å². The van der Waals surface area contributed by atoms with Crippen molar-refractivity contribution in [3.05, 3.63) is 90.0 Å². The average molecular weight is 487 g/mol. The number of carbonyl (C=O) groups is 2. The Labute approximate surface area is 211 Å². The molecule has 8 heteroatoms. The Kier molecular flexibility index (Phi) is 7.20. The number of methoxy groups -OCH3 is 1. The molecule has 1 amide bonds. The molecule has 1 N–H and O–H groups in total. The van der Waals surface area contributed by atoms with E-state index in [1.165, 1.54) is 7.11 Å². The monoisotopic (exact) mass is 487 g/mol. The van der Waals surface area contributed by atoms with E-state index in [9.17, 15) is 9.59 Å². The Balaban J connectivity index is 1.54. The van der Waals surface area contributed by atoms with Crippen LogP contribution in [-0.2, 0) is 18.8 Å². The number of carbonyl (C=O) groups excluding carboxylic acids is 2. The highest BCUT2D eigenvalue weighted by Crippen LogP contribution is 2.36. The van der Waals surface area contributed by atoms with Gasteiger partial charge in [-0.2, -0.15) is 0 Å². The maximum absolute atomic E-state index is 13.4. The second kappa shape index (κ2) is 10.2. The molecular formula is C28H30BNO6. The predicted molar refractivity (Wildman–Crippen MR) is 138 cm³/mol. The van der Waals surface area contributed by atoms with E-state index >= 15 is 0 Å². The number of nitrogens with one attached hydrogen (secondary N) is 1. The zero-order chi connectivity index (χ0) is 25.9. The summed E-state index contributed by atoms with van der Waals surface area (Å²) in [5, 5.41) is 2.85. The lowest BCUT2D eigenvalue weighted by Gasteiger charge is -2.32. The van der Waals surface area contributed by atoms with E-state index in [0.29, 0.717) is 22.6 Å². The summed E-state index contributed by atoms with van der Waals surface area (Å²) in [5.41, 5.74) is 1.26. The van der Waals surface area contributed by atoms with Crippen LogP contribution < -0.4 is 15.5 Å². The minimum Gasteiger partial charge on any atom is -0.496 e. The van der Waals surface area contributed by atoms with Crippen molar-refractivity contribution in [3.8, 4) is 5.75 Å². The van der Waals surface area contributed by atoms with Gasteiger partial charge < -0.3 is 24.1 Å². The molecule has 0 spiro atoms. The molecule has 1 heterocycles. The minimum atomic E-state index is -1.23. The van der Waals surface area contributed by atoms with Crippen LogP contribution in [0.3, 0.4) is 0 Å². The highest BCUT2D eigenvalue weighted by atomic mass is 16.7. The summed E-state index contributed by atoms with van der Waals surface area (Å²) in [4.78, 5) is 26.2. The zero-order valence-corrected chi connectivity index (χ0v) is 21.1. The van der Waals surface area contributed by atoms with Gasteiger partial charge in [-0.1, -0.05) is 48.5 Å². The Morgan fingerprint density at radius 3 is 2.03 bits per heavy atom. The van der Waals surface area contributed by atoms with Gasteiger partial charge in [0.1, 0.15) is 5.75 Å². The van der Waals surface area contributed by atoms with Crippen molar-refractivity contribution in [1.82, 2.24) is 0 Å². The third-order valence-corrected chi connectivity index (χ3v) is 6.60. The molecule has 0 radical (unpaired) electrons. The summed E-state index contributed by atoms with van der Waals surface area (Å²) in [6.45, 7) is 7.99. The number of anilines is 1. The minimum absolute atomic E-state index is 0.344. The summed E-state index contributed by atoms with van der Waals surface area (Å²) in [6.07, 6.45) is -1.23. The molecule has 1 aliphatic heterocycles. The Morgan fingerprint density at radius 1 is 0.833 bits per heavy atom. The average Bonchev–Trinajstić information content (AvgIpc) is 3.09. The number of esters is 1. The highest BCUT2D eigenvalue weighted by Gasteiger charge is 2.51. The molecule has 0 saturated carbocycles. The fourth-order valence-corrected chi connectivity index (χ4v) is 3.80. The van der Waals surface area contributed by atoms with E-state index in [1.807, 2.05) is 39.8 Å². The third-order valence-electron chi connectivity index (χ3n) is 6.60. The van der Waals surface area contributed by atoms with Gasteiger partial charge in [0, 0.05) is 11.3 Å². The van der Waals surface area contributed by atoms with Crippen LogP contribution in [0.25, 0.3) is 0 Å². The molecule has 0 aromatic heterocycles. The highest BCUT2D eigenvalue weighted by molar-refractivity contribution is 6.62. The first-order valence-corrected chi connectivity index (χ1v) is 11.8. The molecule has 186 valence electrons. The SMILES string of the molecule is COc1ccccc1C(OC(=O)c1ccccc1)C(=O)Nc1ccc(B2OC(C)(C)C(C)(C)O2)cc1. The van der Waals surface area contributed by atoms with E-state index < -0.39 is 36.3 Å². The van der Waals surface area contributed by atoms with Crippen LogP contribution in [0.2, 0.25) is 0 Å². The lowest BCUT2D eigenvalue weighted by Crippen LogP contribution is -2.41. The molecule has 1 fully saturated rings. The number of benzene rings is 3. The Hall–Kier alpha value is -3.62. The normalized spacial score (nSPS) is 16.8. The Morgan fingerprint density at radius 2 is 1.42 bits per heavy atom. The molecule has 7 nitrogen and oxygen atoms in total. The van der Waals surface area contributed by atoms with Crippen molar-refractivity contribution in [2.24, 2.45) is 0 Å². The van der Waals surface area contributed by atoms with Crippen LogP contribution >= 0.6 is 0 Å². The lowest BCUT2D eigenvalue weighted by molar-refractivity contribution is -0.125. The molecule has 0 aliphatic carbocycles. The molecule has 3 aromatic rings. The third kappa shape index (κ3) is 5.30. The van der Waals surface area contributed by atoms with Gasteiger partial charge in [-0.15, -0.1) is 0 Å². The molecule has 1 saturated heterocycles. The van der Waals surface area contributed by atoms with Crippen molar-refractivity contribution >= 4 is 30.1 Å². The van der Waals surface area contributed by atoms with Gasteiger partial charge in [0.25, 0.3) is 5.91 Å². The molecule has 4 rings (SSSR count). The Bertz CT molecular complexity index is 1210. The summed E-state index contributed by atoms with van der Waals surface area (Å²) in [6, 6.07) is 22.7. The molecule has 3 aromatic carbocycles. The van der Waals surface area contributed by atoms with Gasteiger partial charge in [-0.25, -0.2) is 4.79 Å². The fraction of sp³-hybridized carbons (Fsp3) is 0.286. The van der Waals surface area contributed by atoms with Crippen LogP contribution in [0.4, 0.5) is 5.69 Å². The largest absolute Gasteiger partial charge is 0.496 e. The predicted octanol–water partition coefficient (Wildman–Crippen LogP) is 4.53. The molecule has 1 aliphatic rings. The van der Waals surface area contributed by atoms with E-state index in [4.69, 9.17) is 18.8 Å². The number of hydrogen-bond donors (Lipinski definition) is 1. The first kappa shape index (κ1) is 25.5. The maximum Gasteiger partial charge on any atom is 0.494 e. The van der Waals surface area contributed by atoms with Gasteiger partial charge in [0.05, 0.1) is 23.9 Å². The second-order valence-electron chi connectivity index (χ2n) is 9.59. The topological polar surface area (TPSA) is 83.1 Å². The summed E-state index contributed by atoms with van der Waals surface area (Å²) < 4.78 is 23.3. The van der Waals surface area contributed by atoms with Gasteiger partial charge in [0.2, 0.25) is 6.10 Å². The standard InChI is InChI=1S/C28H30BNO6/c1-27(2)28(3,4)36-29(35-27)20-15-17-21(18-16-20)30-25(31)24(22-13-9-10-14-23(22)33-5)34-26(32)19-11-7-6-8-12-19/h6-18,24H,1-5H3,(H,30,31).